The van der Waals surface area contributed by atoms with E-state index >= 15 is 0 Å². The summed E-state index contributed by atoms with van der Waals surface area (Å²) in [6.45, 7) is 4.06. The maximum absolute atomic E-state index is 11.3. The molecule has 15 heavy (non-hydrogen) atoms. The van der Waals surface area contributed by atoms with Crippen LogP contribution >= 0.6 is 0 Å². The molecule has 1 aromatic heterocycles. The summed E-state index contributed by atoms with van der Waals surface area (Å²) in [5.74, 6) is 0.421. The summed E-state index contributed by atoms with van der Waals surface area (Å²) in [5, 5.41) is 0. The molecule has 1 atom stereocenters. The van der Waals surface area contributed by atoms with E-state index < -0.39 is 0 Å². The number of piperidine rings is 1. The summed E-state index contributed by atoms with van der Waals surface area (Å²) in [5.41, 5.74) is 1.62. The fraction of sp³-hybridized carbons (Fsp3) is 0.636. The van der Waals surface area contributed by atoms with E-state index in [-0.39, 0.29) is 5.69 Å². The first-order valence-electron chi connectivity index (χ1n) is 5.41. The van der Waals surface area contributed by atoms with Crippen molar-refractivity contribution in [1.29, 1.82) is 0 Å². The van der Waals surface area contributed by atoms with Gasteiger partial charge in [0.15, 0.2) is 0 Å². The lowest BCUT2D eigenvalue weighted by atomic mass is 9.94. The third kappa shape index (κ3) is 2.45. The topological polar surface area (TPSA) is 49.0 Å². The van der Waals surface area contributed by atoms with Crippen molar-refractivity contribution in [2.75, 3.05) is 20.1 Å². The van der Waals surface area contributed by atoms with E-state index in [1.165, 1.54) is 6.42 Å². The van der Waals surface area contributed by atoms with Crippen LogP contribution in [0.25, 0.3) is 0 Å². The molecule has 82 valence electrons. The number of aromatic amines is 1. The van der Waals surface area contributed by atoms with Crippen molar-refractivity contribution in [2.24, 2.45) is 0 Å². The van der Waals surface area contributed by atoms with Gasteiger partial charge in [-0.25, -0.2) is 4.79 Å². The molecule has 0 bridgehead atoms. The van der Waals surface area contributed by atoms with Crippen LogP contribution in [0.4, 0.5) is 0 Å². The molecule has 2 heterocycles. The zero-order chi connectivity index (χ0) is 10.8. The molecule has 0 amide bonds. The van der Waals surface area contributed by atoms with Crippen molar-refractivity contribution < 1.29 is 0 Å². The van der Waals surface area contributed by atoms with Crippen LogP contribution in [0.2, 0.25) is 0 Å². The molecule has 2 rings (SSSR count). The molecule has 1 aliphatic heterocycles. The summed E-state index contributed by atoms with van der Waals surface area (Å²) < 4.78 is 0. The second-order valence-corrected chi connectivity index (χ2v) is 4.40. The highest BCUT2D eigenvalue weighted by Crippen LogP contribution is 2.23. The Labute approximate surface area is 89.3 Å². The number of rotatable bonds is 1. The fourth-order valence-corrected chi connectivity index (χ4v) is 2.22. The van der Waals surface area contributed by atoms with E-state index in [4.69, 9.17) is 0 Å². The quantitative estimate of drug-likeness (QED) is 0.744. The number of nitrogens with one attached hydrogen (secondary N) is 1. The van der Waals surface area contributed by atoms with Gasteiger partial charge in [-0.15, -0.1) is 0 Å². The first-order valence-corrected chi connectivity index (χ1v) is 5.41. The van der Waals surface area contributed by atoms with Crippen LogP contribution in [0, 0.1) is 6.92 Å². The van der Waals surface area contributed by atoms with Crippen molar-refractivity contribution >= 4 is 0 Å². The zero-order valence-electron chi connectivity index (χ0n) is 9.29. The highest BCUT2D eigenvalue weighted by Gasteiger charge is 2.20. The van der Waals surface area contributed by atoms with Crippen molar-refractivity contribution in [2.45, 2.75) is 25.7 Å². The van der Waals surface area contributed by atoms with Gasteiger partial charge in [0, 0.05) is 18.2 Å². The van der Waals surface area contributed by atoms with E-state index in [2.05, 4.69) is 21.9 Å². The summed E-state index contributed by atoms with van der Waals surface area (Å²) >= 11 is 0. The van der Waals surface area contributed by atoms with Crippen LogP contribution in [0.1, 0.15) is 30.1 Å². The molecule has 4 heteroatoms. The predicted molar refractivity (Wildman–Crippen MR) is 59.1 cm³/mol. The Balaban J connectivity index is 2.24. The normalized spacial score (nSPS) is 22.9. The highest BCUT2D eigenvalue weighted by atomic mass is 16.1. The van der Waals surface area contributed by atoms with Gasteiger partial charge in [0.2, 0.25) is 0 Å². The van der Waals surface area contributed by atoms with Crippen LogP contribution in [-0.4, -0.2) is 35.0 Å². The lowest BCUT2D eigenvalue weighted by Crippen LogP contribution is -2.32. The number of likely N-dealkylation sites (tertiary alicyclic amines) is 1. The van der Waals surface area contributed by atoms with Crippen molar-refractivity contribution in [3.63, 3.8) is 0 Å². The Morgan fingerprint density at radius 1 is 1.60 bits per heavy atom. The van der Waals surface area contributed by atoms with E-state index in [1.54, 1.807) is 0 Å². The van der Waals surface area contributed by atoms with Crippen LogP contribution in [0.5, 0.6) is 0 Å². The maximum Gasteiger partial charge on any atom is 0.345 e. The molecule has 0 radical (unpaired) electrons. The number of nitrogens with zero attached hydrogens (tertiary/aromatic N) is 2. The van der Waals surface area contributed by atoms with Gasteiger partial charge < -0.3 is 9.88 Å². The summed E-state index contributed by atoms with van der Waals surface area (Å²) in [7, 11) is 2.12. The first kappa shape index (κ1) is 10.4. The molecule has 0 aliphatic carbocycles. The minimum absolute atomic E-state index is 0.224. The van der Waals surface area contributed by atoms with Gasteiger partial charge in [-0.3, -0.25) is 0 Å². The standard InChI is InChI=1S/C11H17N3O/c1-8-6-10(13-11(15)12-8)9-4-3-5-14(2)7-9/h6,9H,3-5,7H2,1-2H3,(H,12,13,15). The molecule has 1 saturated heterocycles. The van der Waals surface area contributed by atoms with Gasteiger partial charge >= 0.3 is 5.69 Å². The summed E-state index contributed by atoms with van der Waals surface area (Å²) in [4.78, 5) is 20.3. The molecular weight excluding hydrogens is 190 g/mol. The maximum atomic E-state index is 11.3. The smallest absolute Gasteiger partial charge is 0.310 e. The fourth-order valence-electron chi connectivity index (χ4n) is 2.22. The molecule has 1 unspecified atom stereocenters. The largest absolute Gasteiger partial charge is 0.345 e. The van der Waals surface area contributed by atoms with Crippen molar-refractivity contribution in [1.82, 2.24) is 14.9 Å². The Morgan fingerprint density at radius 2 is 2.40 bits per heavy atom. The molecule has 1 aliphatic rings. The molecule has 1 fully saturated rings. The molecule has 0 aromatic carbocycles. The van der Waals surface area contributed by atoms with Gasteiger partial charge in [0.25, 0.3) is 0 Å². The monoisotopic (exact) mass is 207 g/mol. The van der Waals surface area contributed by atoms with Gasteiger partial charge in [-0.2, -0.15) is 4.98 Å². The average Bonchev–Trinajstić information content (AvgIpc) is 2.16. The minimum Gasteiger partial charge on any atom is -0.310 e. The van der Waals surface area contributed by atoms with E-state index in [1.807, 2.05) is 13.0 Å². The number of hydrogen-bond acceptors (Lipinski definition) is 3. The van der Waals surface area contributed by atoms with E-state index in [0.717, 1.165) is 30.9 Å². The van der Waals surface area contributed by atoms with Gasteiger partial charge in [-0.05, 0) is 39.4 Å². The summed E-state index contributed by atoms with van der Waals surface area (Å²) in [6.07, 6.45) is 2.33. The van der Waals surface area contributed by atoms with Crippen LogP contribution < -0.4 is 5.69 Å². The molecule has 4 nitrogen and oxygen atoms in total. The Hall–Kier alpha value is -1.16. The van der Waals surface area contributed by atoms with Gasteiger partial charge in [0.1, 0.15) is 0 Å². The van der Waals surface area contributed by atoms with Gasteiger partial charge in [0.05, 0.1) is 5.69 Å². The van der Waals surface area contributed by atoms with Crippen LogP contribution in [-0.2, 0) is 0 Å². The predicted octanol–water partition coefficient (Wildman–Crippen LogP) is 0.888. The van der Waals surface area contributed by atoms with Crippen molar-refractivity contribution in [3.8, 4) is 0 Å². The highest BCUT2D eigenvalue weighted by molar-refractivity contribution is 5.12. The molecule has 1 N–H and O–H groups in total. The van der Waals surface area contributed by atoms with Crippen molar-refractivity contribution in [3.05, 3.63) is 27.9 Å². The second-order valence-electron chi connectivity index (χ2n) is 4.40. The molecule has 0 saturated carbocycles. The number of likely N-dealkylation sites (N-methyl/N-ethyl adjacent to an activating group) is 1. The molecule has 0 spiro atoms. The van der Waals surface area contributed by atoms with Crippen LogP contribution in [0.3, 0.4) is 0 Å². The van der Waals surface area contributed by atoms with E-state index in [9.17, 15) is 4.79 Å². The van der Waals surface area contributed by atoms with Gasteiger partial charge in [-0.1, -0.05) is 0 Å². The minimum atomic E-state index is -0.224. The lowest BCUT2D eigenvalue weighted by molar-refractivity contribution is 0.248. The number of hydrogen-bond donors (Lipinski definition) is 1. The first-order chi connectivity index (χ1) is 7.15. The SMILES string of the molecule is Cc1cc(C2CCCN(C)C2)nc(=O)[nH]1. The third-order valence-corrected chi connectivity index (χ3v) is 2.94. The second kappa shape index (κ2) is 4.14. The Morgan fingerprint density at radius 3 is 3.07 bits per heavy atom. The Bertz CT molecular complexity index is 399. The lowest BCUT2D eigenvalue weighted by Gasteiger charge is -2.29. The number of aromatic nitrogens is 2. The van der Waals surface area contributed by atoms with E-state index in [0.29, 0.717) is 5.92 Å². The average molecular weight is 207 g/mol. The third-order valence-electron chi connectivity index (χ3n) is 2.94. The van der Waals surface area contributed by atoms with Crippen LogP contribution in [0.15, 0.2) is 10.9 Å². The number of H-pyrrole nitrogens is 1. The summed E-state index contributed by atoms with van der Waals surface area (Å²) in [6, 6.07) is 1.99. The Kier molecular flexibility index (Phi) is 2.86. The zero-order valence-corrected chi connectivity index (χ0v) is 9.29. The number of aryl methyl sites for hydroxylation is 1. The molecular formula is C11H17N3O. The molecule has 1 aromatic rings.